The second-order valence-corrected chi connectivity index (χ2v) is 10.7. The number of para-hydroxylation sites is 2. The summed E-state index contributed by atoms with van der Waals surface area (Å²) < 4.78 is 13.2. The number of carbonyl (C=O) groups excluding carboxylic acids is 1. The quantitative estimate of drug-likeness (QED) is 0.110. The fraction of sp³-hybridized carbons (Fsp3) is 0.135. The molecule has 0 aliphatic rings. The van der Waals surface area contributed by atoms with Gasteiger partial charge < -0.3 is 18.9 Å². The van der Waals surface area contributed by atoms with E-state index < -0.39 is 0 Å². The number of carbonyl (C=O) groups is 1. The number of hydrogen-bond donors (Lipinski definition) is 1. The van der Waals surface area contributed by atoms with Gasteiger partial charge in [0, 0.05) is 65.1 Å². The Labute approximate surface area is 263 Å². The van der Waals surface area contributed by atoms with Gasteiger partial charge in [0.25, 0.3) is 0 Å². The Morgan fingerprint density at radius 3 is 2.02 bits per heavy atom. The van der Waals surface area contributed by atoms with Crippen LogP contribution in [-0.4, -0.2) is 15.9 Å². The minimum Gasteiger partial charge on any atom is -0.512 e. The van der Waals surface area contributed by atoms with Crippen LogP contribution in [0.15, 0.2) is 112 Å². The largest absolute Gasteiger partial charge is 0.512 e. The molecule has 3 heterocycles. The summed E-state index contributed by atoms with van der Waals surface area (Å²) in [6.07, 6.45) is 3.03. The summed E-state index contributed by atoms with van der Waals surface area (Å²) in [5.41, 5.74) is 8.71. The van der Waals surface area contributed by atoms with Gasteiger partial charge in [-0.15, -0.1) is 35.9 Å². The smallest absolute Gasteiger partial charge is 0.155 e. The zero-order chi connectivity index (χ0) is 29.4. The first-order valence-corrected chi connectivity index (χ1v) is 13.9. The average Bonchev–Trinajstić information content (AvgIpc) is 3.55. The predicted octanol–water partition coefficient (Wildman–Crippen LogP) is 10.2. The Bertz CT molecular complexity index is 2120. The number of rotatable bonds is 4. The Morgan fingerprint density at radius 2 is 1.47 bits per heavy atom. The molecule has 6 heteroatoms. The molecule has 0 atom stereocenters. The van der Waals surface area contributed by atoms with Crippen LogP contribution >= 0.6 is 0 Å². The number of fused-ring (bicyclic) bond motifs is 7. The molecule has 0 spiro atoms. The van der Waals surface area contributed by atoms with Crippen LogP contribution in [-0.2, 0) is 24.9 Å². The van der Waals surface area contributed by atoms with Gasteiger partial charge in [-0.2, -0.15) is 0 Å². The summed E-state index contributed by atoms with van der Waals surface area (Å²) in [4.78, 5) is 14.7. The van der Waals surface area contributed by atoms with Crippen molar-refractivity contribution in [2.24, 2.45) is 0 Å². The van der Waals surface area contributed by atoms with Crippen LogP contribution in [0.25, 0.3) is 66.3 Å². The van der Waals surface area contributed by atoms with Crippen molar-refractivity contribution in [2.75, 3.05) is 0 Å². The molecule has 0 saturated heterocycles. The Kier molecular flexibility index (Phi) is 8.63. The molecular weight excluding hydrogens is 715 g/mol. The summed E-state index contributed by atoms with van der Waals surface area (Å²) in [5.74, 6) is 0.151. The van der Waals surface area contributed by atoms with Gasteiger partial charge in [0.1, 0.15) is 22.3 Å². The molecular formula is C37H30IrNO4-. The van der Waals surface area contributed by atoms with Gasteiger partial charge in [0.05, 0.1) is 5.76 Å². The SMILES string of the molecule is CC(=O)/C=C(/C)O.CC(C)c1c(-c2ccnc(-c3[c-]cccc3)c2)c2oc3ccccc3c2c2c1oc1ccccc12.[Ir]. The number of furan rings is 2. The third-order valence-electron chi connectivity index (χ3n) is 7.21. The van der Waals surface area contributed by atoms with Gasteiger partial charge in [-0.1, -0.05) is 56.3 Å². The normalized spacial score (nSPS) is 11.6. The van der Waals surface area contributed by atoms with Crippen LogP contribution in [0.2, 0.25) is 0 Å². The predicted molar refractivity (Wildman–Crippen MR) is 170 cm³/mol. The van der Waals surface area contributed by atoms with Crippen molar-refractivity contribution < 1.29 is 38.8 Å². The van der Waals surface area contributed by atoms with Gasteiger partial charge in [0.2, 0.25) is 0 Å². The standard InChI is InChI=1S/C32H22NO2.C5H8O2.Ir/c1-19(2)27-28(21-16-17-33-24(18-21)20-10-4-3-5-11-20)32-30(23-13-7-9-15-26(23)35-32)29-22-12-6-8-14-25(22)34-31(27)29;1-4(6)3-5(2)7;/h3-10,12-19H,1-2H3;3,6H,1-2H3;/q-1;;/b;4-3-;. The van der Waals surface area contributed by atoms with Crippen molar-refractivity contribution >= 4 is 49.7 Å². The summed E-state index contributed by atoms with van der Waals surface area (Å²) >= 11 is 0. The third-order valence-corrected chi connectivity index (χ3v) is 7.21. The molecule has 0 saturated carbocycles. The van der Waals surface area contributed by atoms with Crippen LogP contribution in [0.4, 0.5) is 0 Å². The van der Waals surface area contributed by atoms with Gasteiger partial charge >= 0.3 is 0 Å². The molecule has 0 unspecified atom stereocenters. The average molecular weight is 745 g/mol. The van der Waals surface area contributed by atoms with Crippen LogP contribution in [0.3, 0.4) is 0 Å². The first-order chi connectivity index (χ1) is 20.3. The number of aliphatic hydroxyl groups excluding tert-OH is 1. The molecule has 43 heavy (non-hydrogen) atoms. The molecule has 5 nitrogen and oxygen atoms in total. The van der Waals surface area contributed by atoms with E-state index in [4.69, 9.17) is 13.9 Å². The second-order valence-electron chi connectivity index (χ2n) is 10.7. The number of allylic oxidation sites excluding steroid dienone is 2. The second kappa shape index (κ2) is 12.4. The monoisotopic (exact) mass is 745 g/mol. The van der Waals surface area contributed by atoms with E-state index in [9.17, 15) is 4.79 Å². The summed E-state index contributed by atoms with van der Waals surface area (Å²) in [6.45, 7) is 7.28. The van der Waals surface area contributed by atoms with E-state index in [-0.39, 0.29) is 37.6 Å². The Hall–Kier alpha value is -4.51. The van der Waals surface area contributed by atoms with E-state index in [0.717, 1.165) is 71.8 Å². The minimum absolute atomic E-state index is 0. The maximum absolute atomic E-state index is 10.0. The van der Waals surface area contributed by atoms with E-state index in [1.54, 1.807) is 0 Å². The van der Waals surface area contributed by atoms with E-state index in [2.05, 4.69) is 61.3 Å². The topological polar surface area (TPSA) is 76.5 Å². The van der Waals surface area contributed by atoms with E-state index in [0.29, 0.717) is 0 Å². The van der Waals surface area contributed by atoms with E-state index in [1.807, 2.05) is 54.7 Å². The zero-order valence-electron chi connectivity index (χ0n) is 24.3. The molecule has 1 N–H and O–H groups in total. The molecule has 0 bridgehead atoms. The van der Waals surface area contributed by atoms with Crippen molar-refractivity contribution in [1.82, 2.24) is 4.98 Å². The molecule has 0 amide bonds. The third kappa shape index (κ3) is 5.64. The van der Waals surface area contributed by atoms with E-state index >= 15 is 0 Å². The molecule has 0 aliphatic heterocycles. The van der Waals surface area contributed by atoms with E-state index in [1.165, 1.54) is 19.9 Å². The number of aliphatic hydroxyl groups is 1. The Morgan fingerprint density at radius 1 is 0.860 bits per heavy atom. The van der Waals surface area contributed by atoms with Gasteiger partial charge in [-0.05, 0) is 49.2 Å². The molecule has 1 radical (unpaired) electrons. The number of pyridine rings is 1. The van der Waals surface area contributed by atoms with Crippen LogP contribution in [0.5, 0.6) is 0 Å². The van der Waals surface area contributed by atoms with Gasteiger partial charge in [-0.25, -0.2) is 0 Å². The van der Waals surface area contributed by atoms with Crippen LogP contribution in [0, 0.1) is 6.07 Å². The molecule has 0 aliphatic carbocycles. The number of benzene rings is 4. The minimum atomic E-state index is -0.125. The Balaban J connectivity index is 0.000000415. The maximum atomic E-state index is 10.0. The summed E-state index contributed by atoms with van der Waals surface area (Å²) in [7, 11) is 0. The molecule has 4 aromatic carbocycles. The first kappa shape index (κ1) is 30.0. The number of nitrogens with zero attached hydrogens (tertiary/aromatic N) is 1. The van der Waals surface area contributed by atoms with Crippen molar-refractivity contribution in [3.63, 3.8) is 0 Å². The van der Waals surface area contributed by atoms with Crippen molar-refractivity contribution in [2.45, 2.75) is 33.6 Å². The molecule has 3 aromatic heterocycles. The van der Waals surface area contributed by atoms with Crippen molar-refractivity contribution in [3.05, 3.63) is 115 Å². The van der Waals surface area contributed by atoms with Crippen LogP contribution in [0.1, 0.15) is 39.2 Å². The summed E-state index contributed by atoms with van der Waals surface area (Å²) in [5, 5.41) is 12.8. The van der Waals surface area contributed by atoms with Crippen molar-refractivity contribution in [1.29, 1.82) is 0 Å². The molecule has 0 fully saturated rings. The van der Waals surface area contributed by atoms with Gasteiger partial charge in [0.15, 0.2) is 5.78 Å². The molecule has 217 valence electrons. The van der Waals surface area contributed by atoms with Crippen molar-refractivity contribution in [3.8, 4) is 22.4 Å². The number of ketones is 1. The molecule has 7 aromatic rings. The molecule has 7 rings (SSSR count). The van der Waals surface area contributed by atoms with Crippen LogP contribution < -0.4 is 0 Å². The summed E-state index contributed by atoms with van der Waals surface area (Å²) in [6, 6.07) is 32.0. The van der Waals surface area contributed by atoms with Gasteiger partial charge in [-0.3, -0.25) is 4.79 Å². The number of aromatic nitrogens is 1. The first-order valence-electron chi connectivity index (χ1n) is 13.9. The fourth-order valence-electron chi connectivity index (χ4n) is 5.61. The zero-order valence-corrected chi connectivity index (χ0v) is 26.7. The maximum Gasteiger partial charge on any atom is 0.155 e. The number of hydrogen-bond acceptors (Lipinski definition) is 5. The fourth-order valence-corrected chi connectivity index (χ4v) is 5.61.